The summed E-state index contributed by atoms with van der Waals surface area (Å²) >= 11 is 0. The number of sulfonamides is 2. The highest BCUT2D eigenvalue weighted by Crippen LogP contribution is 2.31. The monoisotopic (exact) mass is 504 g/mol. The van der Waals surface area contributed by atoms with E-state index in [4.69, 9.17) is 0 Å². The van der Waals surface area contributed by atoms with Crippen molar-refractivity contribution in [2.24, 2.45) is 0 Å². The van der Waals surface area contributed by atoms with E-state index in [1.807, 2.05) is 38.1 Å². The number of hydrogen-bond acceptors (Lipinski definition) is 4. The van der Waals surface area contributed by atoms with Crippen molar-refractivity contribution in [1.29, 1.82) is 0 Å². The van der Waals surface area contributed by atoms with Crippen molar-refractivity contribution in [3.63, 3.8) is 0 Å². The van der Waals surface area contributed by atoms with E-state index in [0.717, 1.165) is 62.5 Å². The van der Waals surface area contributed by atoms with Crippen molar-refractivity contribution < 1.29 is 16.8 Å². The SMILES string of the molecule is Cc1ccc(CN(C2CCCCC2)S(=O)(=O)c2ccc(S(=O)(=O)N3CCCCC3C)cc2)cc1. The molecule has 186 valence electrons. The zero-order chi connectivity index (χ0) is 24.3. The Morgan fingerprint density at radius 1 is 0.794 bits per heavy atom. The van der Waals surface area contributed by atoms with Gasteiger partial charge in [-0.1, -0.05) is 55.5 Å². The summed E-state index contributed by atoms with van der Waals surface area (Å²) in [5, 5.41) is 0. The smallest absolute Gasteiger partial charge is 0.207 e. The predicted molar refractivity (Wildman–Crippen MR) is 134 cm³/mol. The number of piperidine rings is 1. The molecule has 0 bridgehead atoms. The Kier molecular flexibility index (Phi) is 7.82. The van der Waals surface area contributed by atoms with Crippen molar-refractivity contribution >= 4 is 20.0 Å². The molecule has 0 radical (unpaired) electrons. The normalized spacial score (nSPS) is 21.1. The van der Waals surface area contributed by atoms with Gasteiger partial charge in [-0.15, -0.1) is 0 Å². The lowest BCUT2D eigenvalue weighted by atomic mass is 9.95. The average molecular weight is 505 g/mol. The van der Waals surface area contributed by atoms with E-state index in [2.05, 4.69) is 0 Å². The van der Waals surface area contributed by atoms with E-state index >= 15 is 0 Å². The van der Waals surface area contributed by atoms with Crippen molar-refractivity contribution in [3.8, 4) is 0 Å². The highest BCUT2D eigenvalue weighted by molar-refractivity contribution is 7.89. The van der Waals surface area contributed by atoms with E-state index in [9.17, 15) is 16.8 Å². The highest BCUT2D eigenvalue weighted by atomic mass is 32.2. The Bertz CT molecular complexity index is 1170. The second-order valence-corrected chi connectivity index (χ2v) is 13.5. The largest absolute Gasteiger partial charge is 0.243 e. The Morgan fingerprint density at radius 3 is 2.00 bits per heavy atom. The number of rotatable bonds is 7. The second-order valence-electron chi connectivity index (χ2n) is 9.76. The van der Waals surface area contributed by atoms with Gasteiger partial charge >= 0.3 is 0 Å². The number of benzene rings is 2. The Balaban J connectivity index is 1.62. The summed E-state index contributed by atoms with van der Waals surface area (Å²) in [6, 6.07) is 13.7. The molecule has 0 aromatic heterocycles. The maximum Gasteiger partial charge on any atom is 0.243 e. The lowest BCUT2D eigenvalue weighted by molar-refractivity contribution is 0.247. The van der Waals surface area contributed by atoms with Crippen LogP contribution in [0.3, 0.4) is 0 Å². The zero-order valence-corrected chi connectivity index (χ0v) is 21.8. The van der Waals surface area contributed by atoms with Gasteiger partial charge in [-0.2, -0.15) is 8.61 Å². The van der Waals surface area contributed by atoms with Gasteiger partial charge in [0, 0.05) is 25.2 Å². The molecule has 0 N–H and O–H groups in total. The van der Waals surface area contributed by atoms with Crippen molar-refractivity contribution in [3.05, 3.63) is 59.7 Å². The van der Waals surface area contributed by atoms with Crippen LogP contribution in [0.1, 0.15) is 69.4 Å². The molecule has 1 aliphatic carbocycles. The van der Waals surface area contributed by atoms with E-state index in [1.54, 1.807) is 8.61 Å². The standard InChI is InChI=1S/C26H36N2O4S2/c1-21-11-13-23(14-12-21)20-28(24-9-4-3-5-10-24)34(31,32)26-17-15-25(16-18-26)33(29,30)27-19-7-6-8-22(27)2/h11-18,22,24H,3-10,19-20H2,1-2H3. The van der Waals surface area contributed by atoms with Gasteiger partial charge in [-0.05, 0) is 69.4 Å². The van der Waals surface area contributed by atoms with Crippen LogP contribution in [-0.2, 0) is 26.6 Å². The van der Waals surface area contributed by atoms with Crippen LogP contribution in [0.2, 0.25) is 0 Å². The molecular weight excluding hydrogens is 468 g/mol. The lowest BCUT2D eigenvalue weighted by Crippen LogP contribution is -2.42. The average Bonchev–Trinajstić information content (AvgIpc) is 2.84. The van der Waals surface area contributed by atoms with Gasteiger partial charge in [0.15, 0.2) is 0 Å². The van der Waals surface area contributed by atoms with Gasteiger partial charge in [0.1, 0.15) is 0 Å². The maximum atomic E-state index is 13.8. The van der Waals surface area contributed by atoms with Crippen LogP contribution in [-0.4, -0.2) is 44.1 Å². The fourth-order valence-electron chi connectivity index (χ4n) is 5.14. The van der Waals surface area contributed by atoms with E-state index in [-0.39, 0.29) is 21.9 Å². The molecule has 4 rings (SSSR count). The molecule has 2 fully saturated rings. The van der Waals surface area contributed by atoms with Crippen LogP contribution in [0.15, 0.2) is 58.3 Å². The van der Waals surface area contributed by atoms with Gasteiger partial charge in [0.05, 0.1) is 9.79 Å². The molecule has 1 aliphatic heterocycles. The van der Waals surface area contributed by atoms with Gasteiger partial charge in [0.2, 0.25) is 20.0 Å². The molecule has 8 heteroatoms. The molecule has 1 heterocycles. The van der Waals surface area contributed by atoms with Gasteiger partial charge in [-0.3, -0.25) is 0 Å². The van der Waals surface area contributed by atoms with Crippen molar-refractivity contribution in [1.82, 2.24) is 8.61 Å². The van der Waals surface area contributed by atoms with E-state index in [0.29, 0.717) is 13.1 Å². The molecule has 34 heavy (non-hydrogen) atoms. The summed E-state index contributed by atoms with van der Waals surface area (Å²) in [6.45, 7) is 4.77. The molecule has 1 unspecified atom stereocenters. The van der Waals surface area contributed by atoms with E-state index in [1.165, 1.54) is 24.3 Å². The summed E-state index contributed by atoms with van der Waals surface area (Å²) in [7, 11) is -7.42. The highest BCUT2D eigenvalue weighted by Gasteiger charge is 2.34. The fourth-order valence-corrected chi connectivity index (χ4v) is 8.51. The summed E-state index contributed by atoms with van der Waals surface area (Å²) in [6.07, 6.45) is 7.62. The quantitative estimate of drug-likeness (QED) is 0.527. The van der Waals surface area contributed by atoms with E-state index < -0.39 is 20.0 Å². The van der Waals surface area contributed by atoms with Crippen LogP contribution in [0, 0.1) is 6.92 Å². The Labute approximate surface area is 205 Å². The molecule has 1 saturated carbocycles. The number of aryl methyl sites for hydroxylation is 1. The number of hydrogen-bond donors (Lipinski definition) is 0. The molecular formula is C26H36N2O4S2. The topological polar surface area (TPSA) is 74.8 Å². The van der Waals surface area contributed by atoms with Crippen LogP contribution >= 0.6 is 0 Å². The predicted octanol–water partition coefficient (Wildman–Crippen LogP) is 5.08. The first-order chi connectivity index (χ1) is 16.2. The first kappa shape index (κ1) is 25.4. The summed E-state index contributed by atoms with van der Waals surface area (Å²) in [5.41, 5.74) is 2.09. The molecule has 2 aromatic carbocycles. The second kappa shape index (κ2) is 10.5. The van der Waals surface area contributed by atoms with Crippen molar-refractivity contribution in [2.45, 2.75) is 93.6 Å². The van der Waals surface area contributed by atoms with Crippen LogP contribution in [0.4, 0.5) is 0 Å². The first-order valence-electron chi connectivity index (χ1n) is 12.4. The van der Waals surface area contributed by atoms with Crippen LogP contribution in [0.5, 0.6) is 0 Å². The minimum Gasteiger partial charge on any atom is -0.207 e. The van der Waals surface area contributed by atoms with Crippen LogP contribution in [0.25, 0.3) is 0 Å². The van der Waals surface area contributed by atoms with Gasteiger partial charge < -0.3 is 0 Å². The zero-order valence-electron chi connectivity index (χ0n) is 20.2. The van der Waals surface area contributed by atoms with Crippen LogP contribution < -0.4 is 0 Å². The third-order valence-electron chi connectivity index (χ3n) is 7.22. The molecule has 6 nitrogen and oxygen atoms in total. The molecule has 1 saturated heterocycles. The molecule has 2 aromatic rings. The fraction of sp³-hybridized carbons (Fsp3) is 0.538. The Morgan fingerprint density at radius 2 is 1.38 bits per heavy atom. The van der Waals surface area contributed by atoms with Gasteiger partial charge in [0.25, 0.3) is 0 Å². The summed E-state index contributed by atoms with van der Waals surface area (Å²) in [5.74, 6) is 0. The summed E-state index contributed by atoms with van der Waals surface area (Å²) in [4.78, 5) is 0.304. The lowest BCUT2D eigenvalue weighted by Gasteiger charge is -2.34. The summed E-state index contributed by atoms with van der Waals surface area (Å²) < 4.78 is 57.1. The molecule has 2 aliphatic rings. The molecule has 1 atom stereocenters. The van der Waals surface area contributed by atoms with Crippen molar-refractivity contribution in [2.75, 3.05) is 6.54 Å². The minimum atomic E-state index is -3.78. The molecule has 0 amide bonds. The first-order valence-corrected chi connectivity index (χ1v) is 15.3. The maximum absolute atomic E-state index is 13.8. The van der Waals surface area contributed by atoms with Gasteiger partial charge in [-0.25, -0.2) is 16.8 Å². The number of nitrogens with zero attached hydrogens (tertiary/aromatic N) is 2. The minimum absolute atomic E-state index is 0.0431. The third kappa shape index (κ3) is 5.40. The third-order valence-corrected chi connectivity index (χ3v) is 11.2. The molecule has 0 spiro atoms. The Hall–Kier alpha value is -1.74.